The zero-order chi connectivity index (χ0) is 13.5. The molecule has 0 aliphatic carbocycles. The molecule has 1 amide bonds. The summed E-state index contributed by atoms with van der Waals surface area (Å²) in [4.78, 5) is 12.0. The topological polar surface area (TPSA) is 95.6 Å². The molecule has 0 radical (unpaired) electrons. The van der Waals surface area contributed by atoms with Crippen LogP contribution >= 0.6 is 0 Å². The summed E-state index contributed by atoms with van der Waals surface area (Å²) in [6.07, 6.45) is 1.18. The van der Waals surface area contributed by atoms with E-state index in [9.17, 15) is 15.0 Å². The monoisotopic (exact) mass is 246 g/mol. The highest BCUT2D eigenvalue weighted by Gasteiger charge is 2.31. The quantitative estimate of drug-likeness (QED) is 0.479. The largest absolute Gasteiger partial charge is 0.394 e. The van der Waals surface area contributed by atoms with Crippen LogP contribution in [0.3, 0.4) is 0 Å². The Balaban J connectivity index is 4.57. The minimum atomic E-state index is -0.929. The highest BCUT2D eigenvalue weighted by atomic mass is 16.3. The Bertz CT molecular complexity index is 220. The molecule has 0 saturated heterocycles. The van der Waals surface area contributed by atoms with Crippen molar-refractivity contribution in [3.05, 3.63) is 0 Å². The third-order valence-corrected chi connectivity index (χ3v) is 3.08. The third-order valence-electron chi connectivity index (χ3n) is 3.08. The average molecular weight is 246 g/mol. The summed E-state index contributed by atoms with van der Waals surface area (Å²) < 4.78 is 0. The average Bonchev–Trinajstić information content (AvgIpc) is 2.32. The number of hydrogen-bond donors (Lipinski definition) is 4. The van der Waals surface area contributed by atoms with Crippen LogP contribution in [0.4, 0.5) is 0 Å². The number of nitrogens with one attached hydrogen (secondary N) is 1. The van der Waals surface area contributed by atoms with E-state index in [-0.39, 0.29) is 31.6 Å². The molecule has 0 aromatic carbocycles. The third kappa shape index (κ3) is 5.02. The molecule has 0 saturated carbocycles. The van der Waals surface area contributed by atoms with Crippen LogP contribution in [-0.4, -0.2) is 41.4 Å². The second-order valence-corrected chi connectivity index (χ2v) is 5.00. The molecular formula is C12H26N2O3. The maximum atomic E-state index is 12.0. The van der Waals surface area contributed by atoms with Crippen molar-refractivity contribution < 1.29 is 15.0 Å². The van der Waals surface area contributed by atoms with E-state index in [0.717, 1.165) is 0 Å². The molecule has 0 rings (SSSR count). The van der Waals surface area contributed by atoms with Gasteiger partial charge < -0.3 is 21.3 Å². The van der Waals surface area contributed by atoms with Gasteiger partial charge in [-0.15, -0.1) is 0 Å². The lowest BCUT2D eigenvalue weighted by atomic mass is 9.93. The van der Waals surface area contributed by atoms with E-state index in [1.807, 2.05) is 20.8 Å². The van der Waals surface area contributed by atoms with E-state index in [2.05, 4.69) is 5.32 Å². The highest BCUT2D eigenvalue weighted by Crippen LogP contribution is 2.14. The molecule has 1 atom stereocenters. The minimum absolute atomic E-state index is 0.189. The van der Waals surface area contributed by atoms with Crippen LogP contribution in [0.2, 0.25) is 0 Å². The molecule has 0 aromatic rings. The van der Waals surface area contributed by atoms with Gasteiger partial charge in [-0.05, 0) is 18.8 Å². The number of hydrogen-bond acceptors (Lipinski definition) is 4. The zero-order valence-corrected chi connectivity index (χ0v) is 11.1. The van der Waals surface area contributed by atoms with Crippen LogP contribution in [0.15, 0.2) is 0 Å². The van der Waals surface area contributed by atoms with Crippen LogP contribution in [0.5, 0.6) is 0 Å². The molecule has 0 aliphatic heterocycles. The van der Waals surface area contributed by atoms with Crippen molar-refractivity contribution in [2.75, 3.05) is 19.8 Å². The predicted octanol–water partition coefficient (Wildman–Crippen LogP) is -0.143. The first-order valence-corrected chi connectivity index (χ1v) is 6.18. The van der Waals surface area contributed by atoms with Crippen LogP contribution < -0.4 is 11.1 Å². The maximum Gasteiger partial charge on any atom is 0.224 e. The van der Waals surface area contributed by atoms with Crippen molar-refractivity contribution in [1.82, 2.24) is 5.32 Å². The number of carbonyl (C=O) groups excluding carboxylic acids is 1. The Labute approximate surface area is 103 Å². The van der Waals surface area contributed by atoms with Crippen LogP contribution in [-0.2, 0) is 4.79 Å². The number of aliphatic hydroxyl groups excluding tert-OH is 2. The number of amides is 1. The summed E-state index contributed by atoms with van der Waals surface area (Å²) in [5.41, 5.74) is 4.65. The molecule has 0 aromatic heterocycles. The van der Waals surface area contributed by atoms with Crippen molar-refractivity contribution in [3.63, 3.8) is 0 Å². The number of nitrogens with two attached hydrogens (primary N) is 1. The van der Waals surface area contributed by atoms with Crippen molar-refractivity contribution >= 4 is 5.91 Å². The molecular weight excluding hydrogens is 220 g/mol. The van der Waals surface area contributed by atoms with Crippen LogP contribution in [0.1, 0.15) is 33.6 Å². The van der Waals surface area contributed by atoms with Gasteiger partial charge in [-0.25, -0.2) is 0 Å². The fourth-order valence-electron chi connectivity index (χ4n) is 1.68. The van der Waals surface area contributed by atoms with Gasteiger partial charge in [0.05, 0.1) is 24.7 Å². The minimum Gasteiger partial charge on any atom is -0.394 e. The molecule has 5 nitrogen and oxygen atoms in total. The first kappa shape index (κ1) is 16.4. The van der Waals surface area contributed by atoms with Crippen LogP contribution in [0.25, 0.3) is 0 Å². The second kappa shape index (κ2) is 7.63. The van der Waals surface area contributed by atoms with Gasteiger partial charge in [0.25, 0.3) is 0 Å². The van der Waals surface area contributed by atoms with E-state index in [4.69, 9.17) is 5.73 Å². The van der Waals surface area contributed by atoms with Gasteiger partial charge >= 0.3 is 0 Å². The SMILES string of the molecule is CCC(CO)(CO)NC(=O)C(CN)CC(C)C. The summed E-state index contributed by atoms with van der Waals surface area (Å²) in [5.74, 6) is -0.0706. The number of aliphatic hydroxyl groups is 2. The van der Waals surface area contributed by atoms with E-state index in [1.54, 1.807) is 0 Å². The Morgan fingerprint density at radius 1 is 1.35 bits per heavy atom. The van der Waals surface area contributed by atoms with E-state index in [1.165, 1.54) is 0 Å². The maximum absolute atomic E-state index is 12.0. The molecule has 0 fully saturated rings. The summed E-state index contributed by atoms with van der Waals surface area (Å²) >= 11 is 0. The van der Waals surface area contributed by atoms with Gasteiger partial charge in [0.15, 0.2) is 0 Å². The standard InChI is InChI=1S/C12H26N2O3/c1-4-12(7-15,8-16)14-11(17)10(6-13)5-9(2)3/h9-10,15-16H,4-8,13H2,1-3H3,(H,14,17). The molecule has 0 spiro atoms. The molecule has 102 valence electrons. The summed E-state index contributed by atoms with van der Waals surface area (Å²) in [7, 11) is 0. The van der Waals surface area contributed by atoms with Gasteiger partial charge in [0, 0.05) is 6.54 Å². The van der Waals surface area contributed by atoms with Gasteiger partial charge in [0.1, 0.15) is 0 Å². The predicted molar refractivity (Wildman–Crippen MR) is 67.3 cm³/mol. The van der Waals surface area contributed by atoms with Crippen LogP contribution in [0, 0.1) is 11.8 Å². The van der Waals surface area contributed by atoms with E-state index >= 15 is 0 Å². The van der Waals surface area contributed by atoms with Crippen molar-refractivity contribution in [2.45, 2.75) is 39.2 Å². The molecule has 0 aliphatic rings. The lowest BCUT2D eigenvalue weighted by Crippen LogP contribution is -2.56. The van der Waals surface area contributed by atoms with Gasteiger partial charge in [-0.1, -0.05) is 20.8 Å². The van der Waals surface area contributed by atoms with Gasteiger partial charge in [-0.2, -0.15) is 0 Å². The second-order valence-electron chi connectivity index (χ2n) is 5.00. The first-order chi connectivity index (χ1) is 7.94. The van der Waals surface area contributed by atoms with Gasteiger partial charge in [0.2, 0.25) is 5.91 Å². The number of carbonyl (C=O) groups is 1. The number of rotatable bonds is 8. The smallest absolute Gasteiger partial charge is 0.224 e. The Kier molecular flexibility index (Phi) is 7.34. The molecule has 17 heavy (non-hydrogen) atoms. The molecule has 0 bridgehead atoms. The highest BCUT2D eigenvalue weighted by molar-refractivity contribution is 5.79. The van der Waals surface area contributed by atoms with Crippen molar-refractivity contribution in [1.29, 1.82) is 0 Å². The van der Waals surface area contributed by atoms with Gasteiger partial charge in [-0.3, -0.25) is 4.79 Å². The lowest BCUT2D eigenvalue weighted by Gasteiger charge is -2.31. The Morgan fingerprint density at radius 3 is 2.18 bits per heavy atom. The van der Waals surface area contributed by atoms with E-state index < -0.39 is 5.54 Å². The van der Waals surface area contributed by atoms with Crippen molar-refractivity contribution in [3.8, 4) is 0 Å². The normalized spacial score (nSPS) is 13.8. The summed E-state index contributed by atoms with van der Waals surface area (Å²) in [5, 5.41) is 21.2. The lowest BCUT2D eigenvalue weighted by molar-refractivity contribution is -0.128. The first-order valence-electron chi connectivity index (χ1n) is 6.18. The van der Waals surface area contributed by atoms with Crippen molar-refractivity contribution in [2.24, 2.45) is 17.6 Å². The summed E-state index contributed by atoms with van der Waals surface area (Å²) in [6, 6.07) is 0. The molecule has 0 heterocycles. The molecule has 5 N–H and O–H groups in total. The fraction of sp³-hybridized carbons (Fsp3) is 0.917. The summed E-state index contributed by atoms with van der Waals surface area (Å²) in [6.45, 7) is 5.60. The Hall–Kier alpha value is -0.650. The molecule has 5 heteroatoms. The zero-order valence-electron chi connectivity index (χ0n) is 11.1. The fourth-order valence-corrected chi connectivity index (χ4v) is 1.68. The Morgan fingerprint density at radius 2 is 1.88 bits per heavy atom. The van der Waals surface area contributed by atoms with E-state index in [0.29, 0.717) is 18.8 Å². The molecule has 1 unspecified atom stereocenters.